The van der Waals surface area contributed by atoms with E-state index in [1.165, 1.54) is 17.0 Å². The first kappa shape index (κ1) is 20.2. The Hall–Kier alpha value is -3.53. The van der Waals surface area contributed by atoms with Crippen LogP contribution in [0.2, 0.25) is 0 Å². The molecule has 29 heavy (non-hydrogen) atoms. The van der Waals surface area contributed by atoms with E-state index in [1.54, 1.807) is 31.4 Å². The van der Waals surface area contributed by atoms with Crippen molar-refractivity contribution < 1.29 is 14.4 Å². The molecule has 0 atom stereocenters. The van der Waals surface area contributed by atoms with Gasteiger partial charge in [-0.25, -0.2) is 5.10 Å². The van der Waals surface area contributed by atoms with Gasteiger partial charge in [-0.1, -0.05) is 25.1 Å². The predicted molar refractivity (Wildman–Crippen MR) is 110 cm³/mol. The molecule has 0 aliphatic rings. The molecule has 0 unspecified atom stereocenters. The minimum Gasteiger partial charge on any atom is -0.497 e. The number of aryl methyl sites for hydroxylation is 1. The van der Waals surface area contributed by atoms with Gasteiger partial charge in [0.25, 0.3) is 5.69 Å². The van der Waals surface area contributed by atoms with Gasteiger partial charge in [0.15, 0.2) is 5.82 Å². The highest BCUT2D eigenvalue weighted by molar-refractivity contribution is 7.71. The first-order valence-electron chi connectivity index (χ1n) is 8.76. The van der Waals surface area contributed by atoms with Gasteiger partial charge in [-0.05, 0) is 30.8 Å². The van der Waals surface area contributed by atoms with Crippen LogP contribution in [-0.2, 0) is 13.0 Å². The average Bonchev–Trinajstić information content (AvgIpc) is 3.10. The Morgan fingerprint density at radius 2 is 2.10 bits per heavy atom. The monoisotopic (exact) mass is 413 g/mol. The third-order valence-corrected chi connectivity index (χ3v) is 4.40. The fraction of sp³-hybridized carbons (Fsp3) is 0.211. The summed E-state index contributed by atoms with van der Waals surface area (Å²) in [6.07, 6.45) is 2.07. The van der Waals surface area contributed by atoms with Crippen molar-refractivity contribution in [1.29, 1.82) is 0 Å². The molecule has 0 radical (unpaired) electrons. The summed E-state index contributed by atoms with van der Waals surface area (Å²) >= 11 is 5.21. The maximum Gasteiger partial charge on any atom is 0.273 e. The zero-order chi connectivity index (χ0) is 20.8. The molecule has 1 aromatic heterocycles. The molecule has 3 rings (SSSR count). The number of nitrogens with one attached hydrogen (secondary N) is 1. The molecule has 0 spiro atoms. The van der Waals surface area contributed by atoms with E-state index < -0.39 is 4.92 Å². The largest absolute Gasteiger partial charge is 0.497 e. The summed E-state index contributed by atoms with van der Waals surface area (Å²) in [5.41, 5.74) is 1.31. The highest BCUT2D eigenvalue weighted by Gasteiger charge is 2.12. The number of hydrogen-bond acceptors (Lipinski definition) is 7. The molecule has 0 fully saturated rings. The standard InChI is InChI=1S/C19H19N5O4S/c1-3-14-8-7-13(9-17(14)24(25)26)11-20-23-18(21-22-19(23)29)12-28-16-6-4-5-15(10-16)27-2/h4-11H,3,12H2,1-2H3,(H,22,29)/b20-11-. The van der Waals surface area contributed by atoms with Gasteiger partial charge in [0.2, 0.25) is 4.77 Å². The Morgan fingerprint density at radius 3 is 2.83 bits per heavy atom. The zero-order valence-corrected chi connectivity index (χ0v) is 16.7. The third-order valence-electron chi connectivity index (χ3n) is 4.14. The minimum absolute atomic E-state index is 0.0637. The maximum absolute atomic E-state index is 11.2. The number of ether oxygens (including phenoxy) is 2. The summed E-state index contributed by atoms with van der Waals surface area (Å²) in [6, 6.07) is 12.2. The van der Waals surface area contributed by atoms with E-state index in [-0.39, 0.29) is 17.1 Å². The number of nitrogens with zero attached hydrogens (tertiary/aromatic N) is 4. The minimum atomic E-state index is -0.396. The van der Waals surface area contributed by atoms with Crippen LogP contribution in [0.25, 0.3) is 0 Å². The third kappa shape index (κ3) is 4.85. The molecule has 0 amide bonds. The highest BCUT2D eigenvalue weighted by Crippen LogP contribution is 2.21. The normalized spacial score (nSPS) is 11.0. The van der Waals surface area contributed by atoms with Gasteiger partial charge in [-0.15, -0.1) is 0 Å². The molecule has 0 aliphatic heterocycles. The number of aromatic nitrogens is 3. The van der Waals surface area contributed by atoms with E-state index >= 15 is 0 Å². The fourth-order valence-corrected chi connectivity index (χ4v) is 2.83. The van der Waals surface area contributed by atoms with Crippen molar-refractivity contribution in [2.24, 2.45) is 5.10 Å². The molecule has 9 nitrogen and oxygen atoms in total. The van der Waals surface area contributed by atoms with Crippen molar-refractivity contribution >= 4 is 24.1 Å². The van der Waals surface area contributed by atoms with Crippen LogP contribution in [0.1, 0.15) is 23.9 Å². The van der Waals surface area contributed by atoms with Crippen LogP contribution in [0.4, 0.5) is 5.69 Å². The van der Waals surface area contributed by atoms with Crippen LogP contribution in [0.3, 0.4) is 0 Å². The summed E-state index contributed by atoms with van der Waals surface area (Å²) in [4.78, 5) is 10.8. The number of benzene rings is 2. The first-order valence-corrected chi connectivity index (χ1v) is 9.17. The van der Waals surface area contributed by atoms with Gasteiger partial charge >= 0.3 is 0 Å². The van der Waals surface area contributed by atoms with E-state index in [0.717, 1.165) is 0 Å². The Labute approximate surface area is 171 Å². The summed E-state index contributed by atoms with van der Waals surface area (Å²) in [6.45, 7) is 1.99. The summed E-state index contributed by atoms with van der Waals surface area (Å²) in [7, 11) is 1.58. The number of rotatable bonds is 8. The second kappa shape index (κ2) is 9.11. The van der Waals surface area contributed by atoms with Crippen molar-refractivity contribution in [1.82, 2.24) is 14.9 Å². The van der Waals surface area contributed by atoms with Crippen LogP contribution >= 0.6 is 12.2 Å². The van der Waals surface area contributed by atoms with E-state index in [4.69, 9.17) is 21.7 Å². The Morgan fingerprint density at radius 1 is 1.31 bits per heavy atom. The molecule has 150 valence electrons. The van der Waals surface area contributed by atoms with Crippen LogP contribution in [0.15, 0.2) is 47.6 Å². The lowest BCUT2D eigenvalue weighted by molar-refractivity contribution is -0.385. The summed E-state index contributed by atoms with van der Waals surface area (Å²) in [5, 5.41) is 22.3. The maximum atomic E-state index is 11.2. The predicted octanol–water partition coefficient (Wildman–Crippen LogP) is 3.88. The van der Waals surface area contributed by atoms with Gasteiger partial charge < -0.3 is 9.47 Å². The zero-order valence-electron chi connectivity index (χ0n) is 15.9. The van der Waals surface area contributed by atoms with E-state index in [9.17, 15) is 10.1 Å². The lowest BCUT2D eigenvalue weighted by atomic mass is 10.1. The number of methoxy groups -OCH3 is 1. The molecule has 0 bridgehead atoms. The highest BCUT2D eigenvalue weighted by atomic mass is 32.1. The van der Waals surface area contributed by atoms with Gasteiger partial charge in [0.1, 0.15) is 18.1 Å². The van der Waals surface area contributed by atoms with Crippen molar-refractivity contribution in [3.63, 3.8) is 0 Å². The molecular formula is C19H19N5O4S. The molecule has 3 aromatic rings. The number of aromatic amines is 1. The van der Waals surface area contributed by atoms with Crippen molar-refractivity contribution in [3.8, 4) is 11.5 Å². The van der Waals surface area contributed by atoms with E-state index in [2.05, 4.69) is 15.3 Å². The molecule has 0 saturated heterocycles. The van der Waals surface area contributed by atoms with Gasteiger partial charge in [0, 0.05) is 23.3 Å². The molecule has 2 aromatic carbocycles. The SMILES string of the molecule is CCc1ccc(/C=N\n2c(COc3cccc(OC)c3)n[nH]c2=S)cc1[N+](=O)[O-]. The van der Waals surface area contributed by atoms with E-state index in [1.807, 2.05) is 19.1 Å². The van der Waals surface area contributed by atoms with Crippen LogP contribution in [0.5, 0.6) is 11.5 Å². The van der Waals surface area contributed by atoms with Crippen molar-refractivity contribution in [2.45, 2.75) is 20.0 Å². The Balaban J connectivity index is 1.80. The smallest absolute Gasteiger partial charge is 0.273 e. The summed E-state index contributed by atoms with van der Waals surface area (Å²) in [5.74, 6) is 1.74. The van der Waals surface area contributed by atoms with Crippen LogP contribution < -0.4 is 9.47 Å². The first-order chi connectivity index (χ1) is 14.0. The number of nitro groups is 1. The van der Waals surface area contributed by atoms with Crippen LogP contribution in [0, 0.1) is 14.9 Å². The number of nitro benzene ring substituents is 1. The van der Waals surface area contributed by atoms with Crippen LogP contribution in [-0.4, -0.2) is 33.1 Å². The molecule has 0 aliphatic carbocycles. The average molecular weight is 413 g/mol. The topological polar surface area (TPSA) is 108 Å². The van der Waals surface area contributed by atoms with E-state index in [0.29, 0.717) is 34.9 Å². The van der Waals surface area contributed by atoms with Crippen molar-refractivity contribution in [2.75, 3.05) is 7.11 Å². The molecule has 1 N–H and O–H groups in total. The fourth-order valence-electron chi connectivity index (χ4n) is 2.63. The second-order valence-corrected chi connectivity index (χ2v) is 6.35. The van der Waals surface area contributed by atoms with Gasteiger partial charge in [-0.3, -0.25) is 10.1 Å². The molecule has 1 heterocycles. The quantitative estimate of drug-likeness (QED) is 0.260. The summed E-state index contributed by atoms with van der Waals surface area (Å²) < 4.78 is 12.6. The molecular weight excluding hydrogens is 394 g/mol. The molecule has 0 saturated carbocycles. The second-order valence-electron chi connectivity index (χ2n) is 5.97. The number of H-pyrrole nitrogens is 1. The molecule has 10 heteroatoms. The lowest BCUT2D eigenvalue weighted by Crippen LogP contribution is -2.04. The van der Waals surface area contributed by atoms with Gasteiger partial charge in [0.05, 0.1) is 18.2 Å². The lowest BCUT2D eigenvalue weighted by Gasteiger charge is -2.07. The Bertz CT molecular complexity index is 1110. The number of hydrogen-bond donors (Lipinski definition) is 1. The van der Waals surface area contributed by atoms with Crippen molar-refractivity contribution in [3.05, 3.63) is 74.3 Å². The van der Waals surface area contributed by atoms with Gasteiger partial charge in [-0.2, -0.15) is 14.9 Å². The Kier molecular flexibility index (Phi) is 6.35.